The van der Waals surface area contributed by atoms with Crippen molar-refractivity contribution in [2.75, 3.05) is 0 Å². The number of fused-ring (bicyclic) bond motifs is 6. The third-order valence-electron chi connectivity index (χ3n) is 11.4. The van der Waals surface area contributed by atoms with Crippen molar-refractivity contribution in [3.63, 3.8) is 0 Å². The Kier molecular flexibility index (Phi) is 8.70. The van der Waals surface area contributed by atoms with Gasteiger partial charge in [0.15, 0.2) is 0 Å². The number of nitrogens with zero attached hydrogens (tertiary/aromatic N) is 6. The topological polar surface area (TPSA) is 105 Å². The van der Waals surface area contributed by atoms with Gasteiger partial charge in [0.1, 0.15) is 11.6 Å². The van der Waals surface area contributed by atoms with Crippen LogP contribution in [0.3, 0.4) is 0 Å². The van der Waals surface area contributed by atoms with Gasteiger partial charge in [0, 0.05) is 21.5 Å². The second kappa shape index (κ2) is 14.4. The number of rotatable bonds is 5. The lowest BCUT2D eigenvalue weighted by atomic mass is 9.96. The SMILES string of the molecule is N#Cc1cccc(-c2ccc3c(c2)c2ccccc2n3-c2cc(-c3cc(C#N)cc(C(F)(F)F)c3)cc(-n3c4ccccc4c4cc(-c5cccc(C#N)c5)ccc43)c2C#N)c1. The van der Waals surface area contributed by atoms with E-state index in [0.29, 0.717) is 28.1 Å². The van der Waals surface area contributed by atoms with Crippen LogP contribution in [0.4, 0.5) is 13.2 Å². The van der Waals surface area contributed by atoms with Crippen molar-refractivity contribution in [1.82, 2.24) is 9.13 Å². The minimum Gasteiger partial charge on any atom is -0.308 e. The highest BCUT2D eigenvalue weighted by atomic mass is 19.4. The van der Waals surface area contributed by atoms with E-state index >= 15 is 0 Å². The van der Waals surface area contributed by atoms with E-state index in [1.807, 2.05) is 137 Å². The molecular formula is C53H27F3N6. The summed E-state index contributed by atoms with van der Waals surface area (Å²) in [6, 6.07) is 57.7. The van der Waals surface area contributed by atoms with Gasteiger partial charge in [-0.2, -0.15) is 34.2 Å². The first-order valence-corrected chi connectivity index (χ1v) is 19.5. The van der Waals surface area contributed by atoms with Gasteiger partial charge < -0.3 is 9.13 Å². The molecule has 0 aliphatic carbocycles. The number of hydrogen-bond donors (Lipinski definition) is 0. The van der Waals surface area contributed by atoms with E-state index in [1.54, 1.807) is 24.3 Å². The summed E-state index contributed by atoms with van der Waals surface area (Å²) in [4.78, 5) is 0. The summed E-state index contributed by atoms with van der Waals surface area (Å²) in [7, 11) is 0. The Labute approximate surface area is 352 Å². The Balaban J connectivity index is 1.31. The van der Waals surface area contributed by atoms with E-state index in [4.69, 9.17) is 0 Å². The van der Waals surface area contributed by atoms with Gasteiger partial charge in [0.25, 0.3) is 0 Å². The minimum absolute atomic E-state index is 0.156. The predicted octanol–water partition coefficient (Wildman–Crippen LogP) is 13.4. The van der Waals surface area contributed by atoms with E-state index in [0.717, 1.165) is 78.0 Å². The highest BCUT2D eigenvalue weighted by Gasteiger charge is 2.32. The Hall–Kier alpha value is -8.89. The summed E-state index contributed by atoms with van der Waals surface area (Å²) in [6.45, 7) is 0. The molecule has 6 nitrogen and oxygen atoms in total. The van der Waals surface area contributed by atoms with Crippen LogP contribution in [0, 0.1) is 45.3 Å². The molecule has 0 unspecified atom stereocenters. The molecule has 2 aromatic heterocycles. The molecule has 0 saturated carbocycles. The van der Waals surface area contributed by atoms with Crippen molar-refractivity contribution in [2.45, 2.75) is 6.18 Å². The van der Waals surface area contributed by atoms with Crippen molar-refractivity contribution in [3.05, 3.63) is 192 Å². The van der Waals surface area contributed by atoms with Gasteiger partial charge in [-0.15, -0.1) is 0 Å². The summed E-state index contributed by atoms with van der Waals surface area (Å²) >= 11 is 0. The highest BCUT2D eigenvalue weighted by Crippen LogP contribution is 2.43. The van der Waals surface area contributed by atoms with Crippen LogP contribution in [0.2, 0.25) is 0 Å². The molecule has 0 aliphatic rings. The summed E-state index contributed by atoms with van der Waals surface area (Å²) in [6.07, 6.45) is -4.73. The summed E-state index contributed by atoms with van der Waals surface area (Å²) in [5, 5.41) is 44.0. The molecule has 0 N–H and O–H groups in total. The quantitative estimate of drug-likeness (QED) is 0.173. The molecule has 62 heavy (non-hydrogen) atoms. The van der Waals surface area contributed by atoms with Crippen LogP contribution in [-0.4, -0.2) is 9.13 Å². The fraction of sp³-hybridized carbons (Fsp3) is 0.0189. The molecule has 9 heteroatoms. The molecule has 290 valence electrons. The molecule has 0 spiro atoms. The highest BCUT2D eigenvalue weighted by molar-refractivity contribution is 6.12. The average Bonchev–Trinajstić information content (AvgIpc) is 3.82. The van der Waals surface area contributed by atoms with E-state index in [2.05, 4.69) is 18.2 Å². The van der Waals surface area contributed by atoms with Crippen LogP contribution in [0.15, 0.2) is 164 Å². The zero-order valence-electron chi connectivity index (χ0n) is 32.4. The number of aromatic nitrogens is 2. The molecule has 10 aromatic rings. The first-order chi connectivity index (χ1) is 30.2. The standard InChI is InChI=1S/C53H27F3N6/c54-53(55,56)41-22-34(30-59)21-39(23-41)40-26-51(61-47-13-3-1-11-42(47)44-24-37(15-17-49(44)61)35-9-5-7-32(19-35)28-57)46(31-60)52(27-40)62-48-14-4-2-12-43(48)45-25-38(16-18-50(45)62)36-10-6-8-33(20-36)29-58/h1-27H. The second-order valence-corrected chi connectivity index (χ2v) is 15.0. The number of alkyl halides is 3. The third kappa shape index (κ3) is 6.09. The van der Waals surface area contributed by atoms with E-state index in [1.165, 1.54) is 6.07 Å². The first-order valence-electron chi connectivity index (χ1n) is 19.5. The molecule has 0 amide bonds. The zero-order chi connectivity index (χ0) is 42.7. The van der Waals surface area contributed by atoms with Crippen LogP contribution in [0.1, 0.15) is 27.8 Å². The summed E-state index contributed by atoms with van der Waals surface area (Å²) < 4.78 is 47.2. The van der Waals surface area contributed by atoms with Crippen LogP contribution in [0.25, 0.3) is 88.4 Å². The van der Waals surface area contributed by atoms with Gasteiger partial charge in [0.2, 0.25) is 0 Å². The normalized spacial score (nSPS) is 11.4. The second-order valence-electron chi connectivity index (χ2n) is 15.0. The van der Waals surface area contributed by atoms with Crippen LogP contribution >= 0.6 is 0 Å². The van der Waals surface area contributed by atoms with Gasteiger partial charge in [-0.1, -0.05) is 72.8 Å². The third-order valence-corrected chi connectivity index (χ3v) is 11.4. The lowest BCUT2D eigenvalue weighted by Crippen LogP contribution is -2.07. The Morgan fingerprint density at radius 1 is 0.355 bits per heavy atom. The van der Waals surface area contributed by atoms with E-state index < -0.39 is 11.7 Å². The van der Waals surface area contributed by atoms with E-state index in [-0.39, 0.29) is 16.7 Å². The van der Waals surface area contributed by atoms with Crippen LogP contribution in [0.5, 0.6) is 0 Å². The van der Waals surface area contributed by atoms with Crippen molar-refractivity contribution >= 4 is 43.6 Å². The molecular weight excluding hydrogens is 778 g/mol. The summed E-state index contributed by atoms with van der Waals surface area (Å²) in [5.74, 6) is 0. The lowest BCUT2D eigenvalue weighted by molar-refractivity contribution is -0.137. The molecule has 0 bridgehead atoms. The molecule has 0 radical (unpaired) electrons. The van der Waals surface area contributed by atoms with Gasteiger partial charge in [0.05, 0.1) is 73.9 Å². The molecule has 0 saturated heterocycles. The smallest absolute Gasteiger partial charge is 0.308 e. The fourth-order valence-electron chi connectivity index (χ4n) is 8.63. The number of hydrogen-bond acceptors (Lipinski definition) is 4. The number of halogens is 3. The largest absolute Gasteiger partial charge is 0.416 e. The zero-order valence-corrected chi connectivity index (χ0v) is 32.4. The van der Waals surface area contributed by atoms with Crippen LogP contribution < -0.4 is 0 Å². The first kappa shape index (κ1) is 37.4. The van der Waals surface area contributed by atoms with Crippen molar-refractivity contribution in [2.24, 2.45) is 0 Å². The Bertz CT molecular complexity index is 3500. The Morgan fingerprint density at radius 3 is 1.26 bits per heavy atom. The predicted molar refractivity (Wildman–Crippen MR) is 235 cm³/mol. The molecule has 8 aromatic carbocycles. The van der Waals surface area contributed by atoms with Crippen molar-refractivity contribution in [3.8, 4) is 69.0 Å². The molecule has 10 rings (SSSR count). The monoisotopic (exact) mass is 804 g/mol. The van der Waals surface area contributed by atoms with Gasteiger partial charge in [-0.3, -0.25) is 0 Å². The van der Waals surface area contributed by atoms with Crippen molar-refractivity contribution in [1.29, 1.82) is 21.0 Å². The molecule has 0 fully saturated rings. The molecule has 0 atom stereocenters. The Morgan fingerprint density at radius 2 is 0.790 bits per heavy atom. The minimum atomic E-state index is -4.73. The lowest BCUT2D eigenvalue weighted by Gasteiger charge is -2.19. The number of para-hydroxylation sites is 2. The maximum absolute atomic E-state index is 14.4. The fourth-order valence-corrected chi connectivity index (χ4v) is 8.63. The number of benzene rings is 8. The van der Waals surface area contributed by atoms with Gasteiger partial charge in [-0.05, 0) is 124 Å². The maximum atomic E-state index is 14.4. The average molecular weight is 805 g/mol. The van der Waals surface area contributed by atoms with Crippen LogP contribution in [-0.2, 0) is 6.18 Å². The molecule has 2 heterocycles. The van der Waals surface area contributed by atoms with Gasteiger partial charge >= 0.3 is 6.18 Å². The van der Waals surface area contributed by atoms with E-state index in [9.17, 15) is 34.2 Å². The summed E-state index contributed by atoms with van der Waals surface area (Å²) in [5.41, 5.74) is 8.07. The maximum Gasteiger partial charge on any atom is 0.416 e. The number of nitriles is 4. The molecule has 0 aliphatic heterocycles. The van der Waals surface area contributed by atoms with Crippen molar-refractivity contribution < 1.29 is 13.2 Å². The van der Waals surface area contributed by atoms with Gasteiger partial charge in [-0.25, -0.2) is 0 Å².